The van der Waals surface area contributed by atoms with Crippen LogP contribution in [0.15, 0.2) is 36.4 Å². The van der Waals surface area contributed by atoms with Gasteiger partial charge in [-0.15, -0.1) is 0 Å². The Labute approximate surface area is 185 Å². The lowest BCUT2D eigenvalue weighted by atomic mass is 9.63. The Hall–Kier alpha value is -1.90. The van der Waals surface area contributed by atoms with E-state index in [1.807, 2.05) is 31.2 Å². The number of unbranched alkanes of at least 4 members (excludes halogenated alkanes) is 1. The monoisotopic (exact) mass is 426 g/mol. The molecule has 1 nitrogen and oxygen atoms in total. The van der Waals surface area contributed by atoms with E-state index in [1.54, 1.807) is 6.07 Å². The van der Waals surface area contributed by atoms with Crippen molar-refractivity contribution in [2.24, 2.45) is 17.8 Å². The Morgan fingerprint density at radius 2 is 1.84 bits per heavy atom. The van der Waals surface area contributed by atoms with Crippen LogP contribution in [-0.2, 0) is 0 Å². The molecule has 0 N–H and O–H groups in total. The Bertz CT molecular complexity index is 919. The van der Waals surface area contributed by atoms with Gasteiger partial charge in [0.1, 0.15) is 12.4 Å². The Morgan fingerprint density at radius 1 is 1.03 bits per heavy atom. The number of fused-ring (bicyclic) bond motifs is 2. The molecule has 3 heteroatoms. The van der Waals surface area contributed by atoms with E-state index in [0.29, 0.717) is 12.0 Å². The maximum atomic E-state index is 15.1. The summed E-state index contributed by atoms with van der Waals surface area (Å²) in [5.41, 5.74) is 0.779. The van der Waals surface area contributed by atoms with Crippen LogP contribution in [0.1, 0.15) is 83.1 Å². The average Bonchev–Trinajstić information content (AvgIpc) is 2.79. The van der Waals surface area contributed by atoms with Gasteiger partial charge in [0.15, 0.2) is 11.6 Å². The summed E-state index contributed by atoms with van der Waals surface area (Å²) in [7, 11) is 0. The van der Waals surface area contributed by atoms with E-state index in [4.69, 9.17) is 4.74 Å². The van der Waals surface area contributed by atoms with Crippen LogP contribution in [0.25, 0.3) is 10.8 Å². The molecule has 2 aliphatic carbocycles. The van der Waals surface area contributed by atoms with Gasteiger partial charge in [0.05, 0.1) is 0 Å². The van der Waals surface area contributed by atoms with Crippen molar-refractivity contribution in [2.75, 3.05) is 6.61 Å². The van der Waals surface area contributed by atoms with Crippen LogP contribution in [0, 0.1) is 29.4 Å². The fourth-order valence-electron chi connectivity index (χ4n) is 5.99. The number of halogens is 2. The second-order valence-corrected chi connectivity index (χ2v) is 9.70. The highest BCUT2D eigenvalue weighted by molar-refractivity contribution is 5.85. The highest BCUT2D eigenvalue weighted by Gasteiger charge is 2.36. The van der Waals surface area contributed by atoms with Crippen LogP contribution in [0.4, 0.5) is 8.78 Å². The van der Waals surface area contributed by atoms with E-state index in [9.17, 15) is 4.39 Å². The van der Waals surface area contributed by atoms with Crippen LogP contribution in [0.3, 0.4) is 0 Å². The van der Waals surface area contributed by atoms with Crippen molar-refractivity contribution >= 4 is 10.8 Å². The second kappa shape index (κ2) is 10.1. The molecule has 0 saturated heterocycles. The van der Waals surface area contributed by atoms with Crippen molar-refractivity contribution < 1.29 is 13.5 Å². The zero-order chi connectivity index (χ0) is 21.8. The van der Waals surface area contributed by atoms with Gasteiger partial charge in [-0.3, -0.25) is 0 Å². The van der Waals surface area contributed by atoms with Crippen LogP contribution < -0.4 is 4.74 Å². The first-order valence-electron chi connectivity index (χ1n) is 12.3. The summed E-state index contributed by atoms with van der Waals surface area (Å²) in [5, 5.41) is 1.07. The predicted octanol–water partition coefficient (Wildman–Crippen LogP) is 8.56. The van der Waals surface area contributed by atoms with E-state index in [2.05, 4.69) is 6.92 Å². The van der Waals surface area contributed by atoms with Gasteiger partial charge in [-0.2, -0.15) is 0 Å². The molecule has 0 heterocycles. The molecular formula is C28H36F2O. The number of allylic oxidation sites excluding steroid dienone is 1. The van der Waals surface area contributed by atoms with Crippen molar-refractivity contribution in [1.82, 2.24) is 0 Å². The largest absolute Gasteiger partial charge is 0.486 e. The highest BCUT2D eigenvalue weighted by Crippen LogP contribution is 2.49. The van der Waals surface area contributed by atoms with Crippen molar-refractivity contribution in [2.45, 2.75) is 77.6 Å². The van der Waals surface area contributed by atoms with Crippen LogP contribution in [0.2, 0.25) is 0 Å². The fourth-order valence-corrected chi connectivity index (χ4v) is 5.99. The summed E-state index contributed by atoms with van der Waals surface area (Å²) in [6.07, 6.45) is 15.1. The Kier molecular flexibility index (Phi) is 7.30. The van der Waals surface area contributed by atoms with E-state index < -0.39 is 5.82 Å². The number of ether oxygens (including phenoxy) is 1. The first kappa shape index (κ1) is 22.3. The van der Waals surface area contributed by atoms with Crippen molar-refractivity contribution in [3.05, 3.63) is 53.6 Å². The molecule has 2 fully saturated rings. The van der Waals surface area contributed by atoms with E-state index in [1.165, 1.54) is 51.0 Å². The quantitative estimate of drug-likeness (QED) is 0.403. The zero-order valence-electron chi connectivity index (χ0n) is 19.0. The molecule has 4 rings (SSSR count). The number of hydrogen-bond donors (Lipinski definition) is 0. The smallest absolute Gasteiger partial charge is 0.172 e. The number of hydrogen-bond acceptors (Lipinski definition) is 1. The van der Waals surface area contributed by atoms with Crippen LogP contribution in [0.5, 0.6) is 5.75 Å². The minimum atomic E-state index is -0.471. The third-order valence-corrected chi connectivity index (χ3v) is 7.73. The Balaban J connectivity index is 1.49. The normalized spacial score (nSPS) is 26.3. The third-order valence-electron chi connectivity index (χ3n) is 7.73. The summed E-state index contributed by atoms with van der Waals surface area (Å²) < 4.78 is 35.5. The lowest BCUT2D eigenvalue weighted by Gasteiger charge is -2.42. The topological polar surface area (TPSA) is 9.23 Å². The number of rotatable bonds is 7. The molecule has 31 heavy (non-hydrogen) atoms. The van der Waals surface area contributed by atoms with E-state index in [-0.39, 0.29) is 17.5 Å². The SMILES string of the molecule is C/C=C/COc1ccc2cc([C@@H]3CC[C@@H]4CC(CCCC)CCC4C3)c(F)cc2c1F. The summed E-state index contributed by atoms with van der Waals surface area (Å²) in [6.45, 7) is 4.48. The molecule has 0 amide bonds. The van der Waals surface area contributed by atoms with Crippen molar-refractivity contribution in [3.63, 3.8) is 0 Å². The first-order valence-corrected chi connectivity index (χ1v) is 12.3. The van der Waals surface area contributed by atoms with Crippen molar-refractivity contribution in [3.8, 4) is 5.75 Å². The summed E-state index contributed by atoms with van der Waals surface area (Å²) in [6, 6.07) is 6.80. The van der Waals surface area contributed by atoms with Gasteiger partial charge >= 0.3 is 0 Å². The molecule has 0 radical (unpaired) electrons. The Morgan fingerprint density at radius 3 is 2.65 bits per heavy atom. The van der Waals surface area contributed by atoms with Gasteiger partial charge in [-0.25, -0.2) is 8.78 Å². The summed E-state index contributed by atoms with van der Waals surface area (Å²) in [4.78, 5) is 0. The number of benzene rings is 2. The summed E-state index contributed by atoms with van der Waals surface area (Å²) >= 11 is 0. The molecule has 0 bridgehead atoms. The van der Waals surface area contributed by atoms with Crippen LogP contribution >= 0.6 is 0 Å². The van der Waals surface area contributed by atoms with Gasteiger partial charge in [-0.05, 0) is 91.8 Å². The molecule has 4 atom stereocenters. The molecule has 0 aromatic heterocycles. The average molecular weight is 427 g/mol. The third kappa shape index (κ3) is 4.96. The van der Waals surface area contributed by atoms with Gasteiger partial charge in [0.2, 0.25) is 0 Å². The first-order chi connectivity index (χ1) is 15.1. The van der Waals surface area contributed by atoms with Crippen molar-refractivity contribution in [1.29, 1.82) is 0 Å². The van der Waals surface area contributed by atoms with Gasteiger partial charge in [0, 0.05) is 5.39 Å². The standard InChI is InChI=1S/C28H36F2O/c1-3-5-7-19-8-9-21-16-22(11-10-20(21)15-19)24-17-23-12-13-27(31-14-6-4-2)28(30)25(23)18-26(24)29/h4,6,12-13,17-22H,3,5,7-11,14-16H2,1-2H3/b6-4+/t19?,20-,21?,22-/m1/s1. The highest BCUT2D eigenvalue weighted by atomic mass is 19.1. The molecule has 0 aliphatic heterocycles. The predicted molar refractivity (Wildman–Crippen MR) is 125 cm³/mol. The molecule has 168 valence electrons. The van der Waals surface area contributed by atoms with Crippen LogP contribution in [-0.4, -0.2) is 6.61 Å². The molecule has 2 unspecified atom stereocenters. The van der Waals surface area contributed by atoms with E-state index in [0.717, 1.165) is 41.5 Å². The minimum absolute atomic E-state index is 0.179. The molecular weight excluding hydrogens is 390 g/mol. The lowest BCUT2D eigenvalue weighted by Crippen LogP contribution is -2.30. The molecule has 2 aromatic carbocycles. The van der Waals surface area contributed by atoms with Gasteiger partial charge in [-0.1, -0.05) is 50.8 Å². The van der Waals surface area contributed by atoms with Gasteiger partial charge < -0.3 is 4.74 Å². The van der Waals surface area contributed by atoms with Gasteiger partial charge in [0.25, 0.3) is 0 Å². The molecule has 0 spiro atoms. The zero-order valence-corrected chi connectivity index (χ0v) is 19.0. The second-order valence-electron chi connectivity index (χ2n) is 9.70. The summed E-state index contributed by atoms with van der Waals surface area (Å²) in [5.74, 6) is 2.15. The molecule has 2 aromatic rings. The maximum Gasteiger partial charge on any atom is 0.172 e. The fraction of sp³-hybridized carbons (Fsp3) is 0.571. The van der Waals surface area contributed by atoms with E-state index >= 15 is 4.39 Å². The molecule has 2 aliphatic rings. The maximum absolute atomic E-state index is 15.1. The lowest BCUT2D eigenvalue weighted by molar-refractivity contribution is 0.112. The molecule has 2 saturated carbocycles. The minimum Gasteiger partial charge on any atom is -0.486 e.